The first-order chi connectivity index (χ1) is 21.6. The van der Waals surface area contributed by atoms with Crippen molar-refractivity contribution in [3.05, 3.63) is 89.7 Å². The number of nitrogens with one attached hydrogen (secondary N) is 1. The SMILES string of the molecule is Cc1ccc(C(C)C)c(N2CCCSC2=NC(=O)NCCCc2ccc(-c3ncn(-c4ccc(OC(F)(F)F)cc4)n3)cc2)c1. The second kappa shape index (κ2) is 14.2. The number of ether oxygens (including phenoxy) is 1. The second-order valence-corrected chi connectivity index (χ2v) is 12.1. The van der Waals surface area contributed by atoms with Crippen LogP contribution >= 0.6 is 11.8 Å². The Hall–Kier alpha value is -4.32. The lowest BCUT2D eigenvalue weighted by molar-refractivity contribution is -0.274. The minimum absolute atomic E-state index is 0.303. The van der Waals surface area contributed by atoms with Crippen molar-refractivity contribution in [2.75, 3.05) is 23.7 Å². The van der Waals surface area contributed by atoms with Crippen molar-refractivity contribution in [2.24, 2.45) is 4.99 Å². The molecule has 1 fully saturated rings. The number of halogens is 3. The number of benzene rings is 3. The van der Waals surface area contributed by atoms with Crippen molar-refractivity contribution in [1.29, 1.82) is 0 Å². The van der Waals surface area contributed by atoms with Crippen molar-refractivity contribution in [1.82, 2.24) is 20.1 Å². The number of hydrogen-bond acceptors (Lipinski definition) is 5. The monoisotopic (exact) mass is 636 g/mol. The maximum absolute atomic E-state index is 12.8. The fourth-order valence-electron chi connectivity index (χ4n) is 5.01. The van der Waals surface area contributed by atoms with Crippen molar-refractivity contribution in [3.63, 3.8) is 0 Å². The number of carbonyl (C=O) groups is 1. The van der Waals surface area contributed by atoms with Gasteiger partial charge in [0.05, 0.1) is 5.69 Å². The normalized spacial score (nSPS) is 14.6. The minimum Gasteiger partial charge on any atom is -0.406 e. The number of aliphatic imine (C=N–C) groups is 1. The number of anilines is 1. The van der Waals surface area contributed by atoms with E-state index >= 15 is 0 Å². The molecule has 236 valence electrons. The van der Waals surface area contributed by atoms with Gasteiger partial charge in [-0.1, -0.05) is 62.0 Å². The maximum atomic E-state index is 12.8. The van der Waals surface area contributed by atoms with Crippen LogP contribution in [0.25, 0.3) is 17.1 Å². The molecule has 0 spiro atoms. The number of hydrogen-bond donors (Lipinski definition) is 1. The topological polar surface area (TPSA) is 84.6 Å². The smallest absolute Gasteiger partial charge is 0.406 e. The molecule has 1 saturated heterocycles. The summed E-state index contributed by atoms with van der Waals surface area (Å²) in [4.78, 5) is 23.7. The summed E-state index contributed by atoms with van der Waals surface area (Å²) in [6.07, 6.45) is -0.681. The largest absolute Gasteiger partial charge is 0.573 e. The summed E-state index contributed by atoms with van der Waals surface area (Å²) < 4.78 is 42.6. The first kappa shape index (κ1) is 32.1. The lowest BCUT2D eigenvalue weighted by Crippen LogP contribution is -2.36. The van der Waals surface area contributed by atoms with E-state index in [4.69, 9.17) is 0 Å². The predicted molar refractivity (Wildman–Crippen MR) is 172 cm³/mol. The second-order valence-electron chi connectivity index (χ2n) is 11.1. The van der Waals surface area contributed by atoms with Crippen LogP contribution in [0.3, 0.4) is 0 Å². The number of carbonyl (C=O) groups excluding carboxylic acids is 1. The summed E-state index contributed by atoms with van der Waals surface area (Å²) in [5.74, 6) is 1.49. The highest BCUT2D eigenvalue weighted by atomic mass is 32.2. The molecular weight excluding hydrogens is 601 g/mol. The molecule has 2 heterocycles. The summed E-state index contributed by atoms with van der Waals surface area (Å²) in [5, 5.41) is 8.13. The average molecular weight is 637 g/mol. The molecule has 0 aliphatic carbocycles. The maximum Gasteiger partial charge on any atom is 0.573 e. The molecule has 0 unspecified atom stereocenters. The van der Waals surface area contributed by atoms with Gasteiger partial charge in [0.25, 0.3) is 0 Å². The lowest BCUT2D eigenvalue weighted by Gasteiger charge is -2.32. The van der Waals surface area contributed by atoms with E-state index in [2.05, 4.69) is 69.0 Å². The van der Waals surface area contributed by atoms with Crippen LogP contribution in [-0.2, 0) is 6.42 Å². The Morgan fingerprint density at radius 3 is 2.56 bits per heavy atom. The summed E-state index contributed by atoms with van der Waals surface area (Å²) >= 11 is 1.62. The number of aromatic nitrogens is 3. The Balaban J connectivity index is 1.13. The molecule has 12 heteroatoms. The number of amidine groups is 1. The number of alkyl halides is 3. The summed E-state index contributed by atoms with van der Waals surface area (Å²) in [6.45, 7) is 7.78. The van der Waals surface area contributed by atoms with Crippen molar-refractivity contribution < 1.29 is 22.7 Å². The third-order valence-corrected chi connectivity index (χ3v) is 8.30. The Labute approximate surface area is 264 Å². The third kappa shape index (κ3) is 8.65. The molecule has 1 N–H and O–H groups in total. The number of aryl methyl sites for hydroxylation is 2. The van der Waals surface area contributed by atoms with E-state index < -0.39 is 6.36 Å². The average Bonchev–Trinajstić information content (AvgIpc) is 3.50. The number of thioether (sulfide) groups is 1. The molecule has 3 aromatic carbocycles. The highest BCUT2D eigenvalue weighted by Crippen LogP contribution is 2.33. The molecule has 1 aliphatic heterocycles. The van der Waals surface area contributed by atoms with Crippen molar-refractivity contribution in [2.45, 2.75) is 52.3 Å². The fourth-order valence-corrected chi connectivity index (χ4v) is 5.96. The standard InChI is InChI=1S/C33H35F3N6O2S/c1-22(2)28-16-7-23(3)20-29(28)41-18-5-19-45-32(41)39-31(43)37-17-4-6-24-8-10-25(11-9-24)30-38-21-42(40-30)26-12-14-27(15-13-26)44-33(34,35)36/h7-16,20-22H,4-6,17-19H2,1-3H3,(H,37,43). The molecule has 5 rings (SSSR count). The van der Waals surface area contributed by atoms with Crippen LogP contribution in [0.1, 0.15) is 49.3 Å². The van der Waals surface area contributed by atoms with Crippen LogP contribution in [0.4, 0.5) is 23.7 Å². The molecule has 0 saturated carbocycles. The van der Waals surface area contributed by atoms with Crippen LogP contribution in [0.2, 0.25) is 0 Å². The van der Waals surface area contributed by atoms with Gasteiger partial charge in [0, 0.05) is 30.1 Å². The number of rotatable bonds is 9. The van der Waals surface area contributed by atoms with Crippen LogP contribution in [0, 0.1) is 6.92 Å². The molecule has 1 aromatic heterocycles. The van der Waals surface area contributed by atoms with Gasteiger partial charge in [0.2, 0.25) is 0 Å². The zero-order valence-corrected chi connectivity index (χ0v) is 26.2. The van der Waals surface area contributed by atoms with E-state index in [1.54, 1.807) is 11.8 Å². The van der Waals surface area contributed by atoms with Crippen LogP contribution < -0.4 is 15.0 Å². The fraction of sp³-hybridized carbons (Fsp3) is 0.333. The van der Waals surface area contributed by atoms with Crippen molar-refractivity contribution in [3.8, 4) is 22.8 Å². The molecule has 0 radical (unpaired) electrons. The van der Waals surface area contributed by atoms with E-state index in [-0.39, 0.29) is 11.8 Å². The molecule has 0 bridgehead atoms. The highest BCUT2D eigenvalue weighted by Gasteiger charge is 2.31. The minimum atomic E-state index is -4.74. The van der Waals surface area contributed by atoms with E-state index in [1.807, 2.05) is 24.3 Å². The van der Waals surface area contributed by atoms with Gasteiger partial charge in [-0.2, -0.15) is 4.99 Å². The van der Waals surface area contributed by atoms with Gasteiger partial charge in [-0.05, 0) is 79.1 Å². The molecule has 1 aliphatic rings. The van der Waals surface area contributed by atoms with Gasteiger partial charge < -0.3 is 15.0 Å². The molecule has 0 atom stereocenters. The molecule has 2 amide bonds. The quantitative estimate of drug-likeness (QED) is 0.188. The highest BCUT2D eigenvalue weighted by molar-refractivity contribution is 8.14. The van der Waals surface area contributed by atoms with Crippen LogP contribution in [0.15, 0.2) is 78.0 Å². The summed E-state index contributed by atoms with van der Waals surface area (Å²) in [6, 6.07) is 19.4. The number of urea groups is 1. The zero-order valence-electron chi connectivity index (χ0n) is 25.3. The summed E-state index contributed by atoms with van der Waals surface area (Å²) in [5.41, 5.74) is 6.02. The Bertz CT molecular complexity index is 1640. The van der Waals surface area contributed by atoms with E-state index in [1.165, 1.54) is 46.4 Å². The van der Waals surface area contributed by atoms with E-state index in [9.17, 15) is 18.0 Å². The number of amides is 2. The first-order valence-electron chi connectivity index (χ1n) is 14.8. The van der Waals surface area contributed by atoms with E-state index in [0.717, 1.165) is 53.5 Å². The lowest BCUT2D eigenvalue weighted by atomic mass is 9.98. The van der Waals surface area contributed by atoms with Gasteiger partial charge >= 0.3 is 12.4 Å². The van der Waals surface area contributed by atoms with Gasteiger partial charge in [0.1, 0.15) is 12.1 Å². The van der Waals surface area contributed by atoms with Gasteiger partial charge in [-0.25, -0.2) is 14.5 Å². The molecule has 45 heavy (non-hydrogen) atoms. The van der Waals surface area contributed by atoms with Crippen molar-refractivity contribution >= 4 is 28.6 Å². The van der Waals surface area contributed by atoms with Gasteiger partial charge in [-0.15, -0.1) is 18.3 Å². The van der Waals surface area contributed by atoms with E-state index in [0.29, 0.717) is 24.0 Å². The van der Waals surface area contributed by atoms with Crippen LogP contribution in [0.5, 0.6) is 5.75 Å². The predicted octanol–water partition coefficient (Wildman–Crippen LogP) is 7.91. The zero-order chi connectivity index (χ0) is 32.0. The Morgan fingerprint density at radius 1 is 1.09 bits per heavy atom. The summed E-state index contributed by atoms with van der Waals surface area (Å²) in [7, 11) is 0. The van der Waals surface area contributed by atoms with Crippen LogP contribution in [-0.4, -0.2) is 51.2 Å². The first-order valence-corrected chi connectivity index (χ1v) is 15.8. The van der Waals surface area contributed by atoms with Gasteiger partial charge in [0.15, 0.2) is 11.0 Å². The Morgan fingerprint density at radius 2 is 1.84 bits per heavy atom. The number of nitrogens with zero attached hydrogens (tertiary/aromatic N) is 5. The molecular formula is C33H35F3N6O2S. The molecule has 8 nitrogen and oxygen atoms in total. The molecule has 4 aromatic rings. The van der Waals surface area contributed by atoms with Gasteiger partial charge in [-0.3, -0.25) is 0 Å². The third-order valence-electron chi connectivity index (χ3n) is 7.24. The Kier molecular flexibility index (Phi) is 10.1.